The highest BCUT2D eigenvalue weighted by atomic mass is 19.4. The van der Waals surface area contributed by atoms with Crippen LogP contribution in [0.3, 0.4) is 0 Å². The van der Waals surface area contributed by atoms with Crippen molar-refractivity contribution in [3.63, 3.8) is 0 Å². The fraction of sp³-hybridized carbons (Fsp3) is 0.250. The number of ketones is 1. The largest absolute Gasteiger partial charge is 0.389 e. The molecule has 5 nitrogen and oxygen atoms in total. The van der Waals surface area contributed by atoms with Gasteiger partial charge in [-0.15, -0.1) is 0 Å². The lowest BCUT2D eigenvalue weighted by molar-refractivity contribution is -0.133. The molecule has 0 fully saturated rings. The van der Waals surface area contributed by atoms with E-state index in [1.54, 1.807) is 0 Å². The quantitative estimate of drug-likeness (QED) is 0.666. The van der Waals surface area contributed by atoms with Crippen molar-refractivity contribution in [2.75, 3.05) is 0 Å². The van der Waals surface area contributed by atoms with Crippen LogP contribution in [-0.4, -0.2) is 21.9 Å². The average molecular weight is 286 g/mol. The highest BCUT2D eigenvalue weighted by Crippen LogP contribution is 2.23. The molecule has 0 radical (unpaired) electrons. The second-order valence-corrected chi connectivity index (χ2v) is 4.21. The van der Waals surface area contributed by atoms with Crippen LogP contribution in [0, 0.1) is 0 Å². The van der Waals surface area contributed by atoms with E-state index in [4.69, 9.17) is 0 Å². The van der Waals surface area contributed by atoms with Crippen LogP contribution in [0.1, 0.15) is 23.2 Å². The van der Waals surface area contributed by atoms with Gasteiger partial charge in [0.2, 0.25) is 0 Å². The number of alkyl halides is 3. The Kier molecular flexibility index (Phi) is 3.47. The van der Waals surface area contributed by atoms with Gasteiger partial charge in [0.05, 0.1) is 17.5 Å². The Bertz CT molecular complexity index is 774. The number of hydrogen-bond donors (Lipinski definition) is 2. The average Bonchev–Trinajstić information content (AvgIpc) is 2.36. The number of H-pyrrole nitrogens is 2. The van der Waals surface area contributed by atoms with E-state index < -0.39 is 35.9 Å². The Balaban J connectivity index is 2.32. The molecule has 2 rings (SSSR count). The molecule has 0 aliphatic rings. The topological polar surface area (TPSA) is 82.8 Å². The van der Waals surface area contributed by atoms with Crippen molar-refractivity contribution < 1.29 is 18.0 Å². The fourth-order valence-corrected chi connectivity index (χ4v) is 1.69. The number of aromatic amines is 2. The number of hydrogen-bond acceptors (Lipinski definition) is 3. The molecule has 106 valence electrons. The number of nitrogens with one attached hydrogen (secondary N) is 2. The molecule has 0 bridgehead atoms. The van der Waals surface area contributed by atoms with Gasteiger partial charge in [0.15, 0.2) is 5.78 Å². The summed E-state index contributed by atoms with van der Waals surface area (Å²) in [5.74, 6) is -0.684. The third-order valence-corrected chi connectivity index (χ3v) is 2.68. The number of benzene rings is 1. The van der Waals surface area contributed by atoms with Crippen LogP contribution in [-0.2, 0) is 0 Å². The Morgan fingerprint density at radius 1 is 1.05 bits per heavy atom. The maximum absolute atomic E-state index is 12.0. The number of fused-ring (bicyclic) bond motifs is 1. The number of halogens is 3. The van der Waals surface area contributed by atoms with Crippen LogP contribution in [0.4, 0.5) is 13.2 Å². The van der Waals surface area contributed by atoms with Crippen LogP contribution < -0.4 is 11.1 Å². The molecule has 1 aromatic carbocycles. The van der Waals surface area contributed by atoms with Crippen LogP contribution >= 0.6 is 0 Å². The smallest absolute Gasteiger partial charge is 0.316 e. The van der Waals surface area contributed by atoms with E-state index >= 15 is 0 Å². The third-order valence-electron chi connectivity index (χ3n) is 2.68. The van der Waals surface area contributed by atoms with Crippen molar-refractivity contribution in [1.82, 2.24) is 9.97 Å². The summed E-state index contributed by atoms with van der Waals surface area (Å²) in [7, 11) is 0. The lowest BCUT2D eigenvalue weighted by Crippen LogP contribution is -2.28. The second kappa shape index (κ2) is 4.95. The molecule has 0 aliphatic carbocycles. The predicted molar refractivity (Wildman–Crippen MR) is 64.8 cm³/mol. The van der Waals surface area contributed by atoms with Gasteiger partial charge in [0.1, 0.15) is 0 Å². The Hall–Kier alpha value is -2.38. The molecule has 0 unspecified atom stereocenters. The molecule has 0 atom stereocenters. The van der Waals surface area contributed by atoms with E-state index in [1.807, 2.05) is 0 Å². The monoisotopic (exact) mass is 286 g/mol. The van der Waals surface area contributed by atoms with Crippen molar-refractivity contribution in [1.29, 1.82) is 0 Å². The third kappa shape index (κ3) is 3.14. The van der Waals surface area contributed by atoms with Gasteiger partial charge in [-0.3, -0.25) is 14.4 Å². The SMILES string of the molecule is O=C(CCC(F)(F)F)c1ccc2[nH]c(=O)c(=O)[nH]c2c1. The van der Waals surface area contributed by atoms with Crippen molar-refractivity contribution in [2.24, 2.45) is 0 Å². The normalized spacial score (nSPS) is 11.8. The van der Waals surface area contributed by atoms with Gasteiger partial charge in [-0.1, -0.05) is 0 Å². The molecule has 0 aliphatic heterocycles. The molecule has 0 saturated heterocycles. The molecule has 20 heavy (non-hydrogen) atoms. The molecule has 2 N–H and O–H groups in total. The number of aromatic nitrogens is 2. The van der Waals surface area contributed by atoms with Gasteiger partial charge >= 0.3 is 17.3 Å². The van der Waals surface area contributed by atoms with E-state index in [-0.39, 0.29) is 11.1 Å². The summed E-state index contributed by atoms with van der Waals surface area (Å²) in [5.41, 5.74) is -1.20. The highest BCUT2D eigenvalue weighted by molar-refractivity contribution is 5.98. The first kappa shape index (κ1) is 14.0. The number of carbonyl (C=O) groups excluding carboxylic acids is 1. The van der Waals surface area contributed by atoms with E-state index in [0.29, 0.717) is 5.52 Å². The van der Waals surface area contributed by atoms with Crippen LogP contribution in [0.5, 0.6) is 0 Å². The minimum atomic E-state index is -4.40. The summed E-state index contributed by atoms with van der Waals surface area (Å²) in [6, 6.07) is 3.90. The van der Waals surface area contributed by atoms with E-state index in [2.05, 4.69) is 9.97 Å². The molecule has 0 spiro atoms. The zero-order valence-electron chi connectivity index (χ0n) is 10.0. The van der Waals surface area contributed by atoms with Crippen molar-refractivity contribution >= 4 is 16.8 Å². The highest BCUT2D eigenvalue weighted by Gasteiger charge is 2.28. The molecule has 1 heterocycles. The lowest BCUT2D eigenvalue weighted by atomic mass is 10.1. The van der Waals surface area contributed by atoms with Crippen LogP contribution in [0.15, 0.2) is 27.8 Å². The molecule has 2 aromatic rings. The predicted octanol–water partition coefficient (Wildman–Crippen LogP) is 1.74. The zero-order chi connectivity index (χ0) is 14.9. The summed E-state index contributed by atoms with van der Waals surface area (Å²) in [6.07, 6.45) is -6.26. The Morgan fingerprint density at radius 2 is 1.65 bits per heavy atom. The van der Waals surface area contributed by atoms with E-state index in [0.717, 1.165) is 0 Å². The zero-order valence-corrected chi connectivity index (χ0v) is 10.0. The molecule has 1 aromatic heterocycles. The maximum Gasteiger partial charge on any atom is 0.389 e. The van der Waals surface area contributed by atoms with Gasteiger partial charge in [-0.2, -0.15) is 13.2 Å². The lowest BCUT2D eigenvalue weighted by Gasteiger charge is -2.06. The van der Waals surface area contributed by atoms with Gasteiger partial charge in [-0.25, -0.2) is 0 Å². The van der Waals surface area contributed by atoms with Crippen molar-refractivity contribution in [3.8, 4) is 0 Å². The van der Waals surface area contributed by atoms with Gasteiger partial charge in [0, 0.05) is 12.0 Å². The summed E-state index contributed by atoms with van der Waals surface area (Å²) in [5, 5.41) is 0. The molecule has 0 saturated carbocycles. The molecular weight excluding hydrogens is 277 g/mol. The second-order valence-electron chi connectivity index (χ2n) is 4.21. The summed E-state index contributed by atoms with van der Waals surface area (Å²) in [6.45, 7) is 0. The molecule has 0 amide bonds. The summed E-state index contributed by atoms with van der Waals surface area (Å²) >= 11 is 0. The Labute approximate surface area is 109 Å². The fourth-order valence-electron chi connectivity index (χ4n) is 1.69. The minimum Gasteiger partial charge on any atom is -0.316 e. The van der Waals surface area contributed by atoms with Crippen LogP contribution in [0.2, 0.25) is 0 Å². The van der Waals surface area contributed by atoms with E-state index in [1.165, 1.54) is 18.2 Å². The van der Waals surface area contributed by atoms with Gasteiger partial charge < -0.3 is 9.97 Å². The molecule has 8 heteroatoms. The van der Waals surface area contributed by atoms with Gasteiger partial charge in [0.25, 0.3) is 0 Å². The molecular formula is C12H9F3N2O3. The Morgan fingerprint density at radius 3 is 2.25 bits per heavy atom. The van der Waals surface area contributed by atoms with Gasteiger partial charge in [-0.05, 0) is 18.2 Å². The van der Waals surface area contributed by atoms with Crippen LogP contribution in [0.25, 0.3) is 11.0 Å². The standard InChI is InChI=1S/C12H9F3N2O3/c13-12(14,15)4-3-9(18)6-1-2-7-8(5-6)17-11(20)10(19)16-7/h1-2,5H,3-4H2,(H,16,19)(H,17,20). The maximum atomic E-state index is 12.0. The summed E-state index contributed by atoms with van der Waals surface area (Å²) < 4.78 is 36.1. The first-order valence-corrected chi connectivity index (χ1v) is 5.62. The van der Waals surface area contributed by atoms with Crippen molar-refractivity contribution in [3.05, 3.63) is 44.5 Å². The van der Waals surface area contributed by atoms with Crippen molar-refractivity contribution in [2.45, 2.75) is 19.0 Å². The summed E-state index contributed by atoms with van der Waals surface area (Å²) in [4.78, 5) is 38.4. The number of rotatable bonds is 3. The minimum absolute atomic E-state index is 0.0458. The number of Topliss-reactive ketones (excluding diaryl/α,β-unsaturated/α-hetero) is 1. The van der Waals surface area contributed by atoms with E-state index in [9.17, 15) is 27.6 Å². The first-order valence-electron chi connectivity index (χ1n) is 5.62. The first-order chi connectivity index (χ1) is 9.26. The number of carbonyl (C=O) groups is 1.